The molecule has 2 aromatic carbocycles. The Morgan fingerprint density at radius 3 is 2.09 bits per heavy atom. The number of aliphatic carboxylic acids is 1. The lowest BCUT2D eigenvalue weighted by molar-refractivity contribution is -0.307. The number of carbonyl (C=O) groups is 1. The van der Waals surface area contributed by atoms with Gasteiger partial charge in [-0.1, -0.05) is 13.8 Å². The average molecular weight is 455 g/mol. The van der Waals surface area contributed by atoms with Crippen molar-refractivity contribution in [1.29, 1.82) is 0 Å². The number of benzene rings is 2. The van der Waals surface area contributed by atoms with Crippen LogP contribution in [0.4, 0.5) is 8.78 Å². The van der Waals surface area contributed by atoms with Crippen molar-refractivity contribution in [2.24, 2.45) is 0 Å². The largest absolute Gasteiger partial charge is 0.550 e. The maximum absolute atomic E-state index is 13.6. The predicted octanol–water partition coefficient (Wildman–Crippen LogP) is 3.34. The Hall–Kier alpha value is -3.36. The lowest BCUT2D eigenvalue weighted by atomic mass is 10.0. The number of aliphatic hydroxyl groups excluding tert-OH is 2. The van der Waals surface area contributed by atoms with Crippen LogP contribution in [0.15, 0.2) is 54.6 Å². The maximum Gasteiger partial charge on any atom is 0.123 e. The van der Waals surface area contributed by atoms with E-state index in [4.69, 9.17) is 4.98 Å². The minimum absolute atomic E-state index is 0.0381. The van der Waals surface area contributed by atoms with Crippen LogP contribution in [0, 0.1) is 11.6 Å². The Kier molecular flexibility index (Phi) is 7.73. The highest BCUT2D eigenvalue weighted by Gasteiger charge is 2.21. The van der Waals surface area contributed by atoms with E-state index in [1.54, 1.807) is 35.0 Å². The Labute approximate surface area is 190 Å². The smallest absolute Gasteiger partial charge is 0.123 e. The topological polar surface area (TPSA) is 98.4 Å². The van der Waals surface area contributed by atoms with E-state index in [1.165, 1.54) is 30.3 Å². The summed E-state index contributed by atoms with van der Waals surface area (Å²) in [4.78, 5) is 15.4. The fourth-order valence-corrected chi connectivity index (χ4v) is 3.52. The minimum Gasteiger partial charge on any atom is -0.550 e. The molecule has 0 aliphatic heterocycles. The molecule has 0 radical (unpaired) electrons. The van der Waals surface area contributed by atoms with Gasteiger partial charge in [-0.15, -0.1) is 0 Å². The van der Waals surface area contributed by atoms with Crippen LogP contribution < -0.4 is 5.11 Å². The number of hydrogen-bond donors (Lipinski definition) is 2. The van der Waals surface area contributed by atoms with Gasteiger partial charge in [0.25, 0.3) is 0 Å². The van der Waals surface area contributed by atoms with E-state index in [-0.39, 0.29) is 18.2 Å². The Morgan fingerprint density at radius 2 is 1.58 bits per heavy atom. The number of halogens is 2. The number of aliphatic hydroxyl groups is 2. The zero-order valence-corrected chi connectivity index (χ0v) is 18.3. The first-order valence-electron chi connectivity index (χ1n) is 10.5. The van der Waals surface area contributed by atoms with Crippen LogP contribution >= 0.6 is 0 Å². The van der Waals surface area contributed by atoms with Crippen molar-refractivity contribution in [3.05, 3.63) is 72.1 Å². The van der Waals surface area contributed by atoms with Gasteiger partial charge in [-0.05, 0) is 54.6 Å². The van der Waals surface area contributed by atoms with Gasteiger partial charge in [-0.25, -0.2) is 13.8 Å². The minimum atomic E-state index is -1.40. The highest BCUT2D eigenvalue weighted by atomic mass is 19.1. The summed E-state index contributed by atoms with van der Waals surface area (Å²) in [5.41, 5.74) is 2.49. The normalized spacial score (nSPS) is 13.5. The highest BCUT2D eigenvalue weighted by molar-refractivity contribution is 5.80. The Morgan fingerprint density at radius 1 is 1.03 bits per heavy atom. The number of aromatic nitrogens is 2. The molecule has 3 aromatic rings. The number of carboxylic acids is 1. The predicted molar refractivity (Wildman–Crippen MR) is 119 cm³/mol. The molecule has 0 fully saturated rings. The molecular formula is C25H25F2N2O4-. The maximum atomic E-state index is 13.6. The monoisotopic (exact) mass is 455 g/mol. The van der Waals surface area contributed by atoms with Crippen LogP contribution in [0.25, 0.3) is 28.7 Å². The molecule has 0 aliphatic carbocycles. The van der Waals surface area contributed by atoms with Gasteiger partial charge in [-0.3, -0.25) is 0 Å². The molecule has 174 valence electrons. The lowest BCUT2D eigenvalue weighted by Crippen LogP contribution is -2.29. The van der Waals surface area contributed by atoms with Crippen molar-refractivity contribution >= 4 is 12.2 Å². The summed E-state index contributed by atoms with van der Waals surface area (Å²) in [6.07, 6.45) is -0.140. The van der Waals surface area contributed by atoms with Crippen molar-refractivity contribution in [3.8, 4) is 22.5 Å². The molecule has 0 unspecified atom stereocenters. The molecule has 0 amide bonds. The second-order valence-corrected chi connectivity index (χ2v) is 8.08. The van der Waals surface area contributed by atoms with Gasteiger partial charge < -0.3 is 24.7 Å². The number of carboxylic acid groups (broad SMARTS) is 1. The van der Waals surface area contributed by atoms with E-state index >= 15 is 0 Å². The molecule has 33 heavy (non-hydrogen) atoms. The molecule has 2 N–H and O–H groups in total. The third-order valence-electron chi connectivity index (χ3n) is 5.06. The highest BCUT2D eigenvalue weighted by Crippen LogP contribution is 2.35. The van der Waals surface area contributed by atoms with Gasteiger partial charge in [0, 0.05) is 42.1 Å². The summed E-state index contributed by atoms with van der Waals surface area (Å²) in [5.74, 6) is -1.58. The molecule has 0 spiro atoms. The standard InChI is InChI=1S/C25H26F2N2O4/c1-15(2)25-28-23(16-3-7-18(26)8-4-16)24(17-5-9-19(27)10-6-17)29(25)12-11-20(30)13-21(31)14-22(32)33/h3-12,15,20-21,30-31H,13-14H2,1-2H3,(H,32,33)/p-1/b12-11+/t20-,21-/m0/s1. The van der Waals surface area contributed by atoms with Crippen LogP contribution in [-0.4, -0.2) is 37.9 Å². The van der Waals surface area contributed by atoms with E-state index in [9.17, 15) is 28.9 Å². The molecule has 0 aliphatic rings. The summed E-state index contributed by atoms with van der Waals surface area (Å²) >= 11 is 0. The molecule has 8 heteroatoms. The van der Waals surface area contributed by atoms with Crippen molar-refractivity contribution in [2.75, 3.05) is 0 Å². The van der Waals surface area contributed by atoms with Gasteiger partial charge >= 0.3 is 0 Å². The first-order valence-corrected chi connectivity index (χ1v) is 10.5. The van der Waals surface area contributed by atoms with Gasteiger partial charge in [0.2, 0.25) is 0 Å². The molecule has 0 bridgehead atoms. The Bertz CT molecular complexity index is 1120. The van der Waals surface area contributed by atoms with E-state index in [2.05, 4.69) is 0 Å². The van der Waals surface area contributed by atoms with Crippen LogP contribution in [0.3, 0.4) is 0 Å². The fourth-order valence-electron chi connectivity index (χ4n) is 3.52. The van der Waals surface area contributed by atoms with Gasteiger partial charge in [0.1, 0.15) is 17.5 Å². The molecular weight excluding hydrogens is 430 g/mol. The first-order chi connectivity index (χ1) is 15.7. The molecule has 6 nitrogen and oxygen atoms in total. The number of imidazole rings is 1. The first kappa shape index (κ1) is 24.3. The van der Waals surface area contributed by atoms with Crippen molar-refractivity contribution < 1.29 is 28.9 Å². The summed E-state index contributed by atoms with van der Waals surface area (Å²) in [6.45, 7) is 3.88. The third kappa shape index (κ3) is 6.12. The van der Waals surface area contributed by atoms with Gasteiger partial charge in [0.15, 0.2) is 0 Å². The van der Waals surface area contributed by atoms with Crippen LogP contribution in [-0.2, 0) is 4.79 Å². The number of nitrogens with zero attached hydrogens (tertiary/aromatic N) is 2. The van der Waals surface area contributed by atoms with Crippen molar-refractivity contribution in [1.82, 2.24) is 9.55 Å². The summed E-state index contributed by atoms with van der Waals surface area (Å²) in [6, 6.07) is 11.7. The Balaban J connectivity index is 2.10. The number of hydrogen-bond acceptors (Lipinski definition) is 5. The molecule has 2 atom stereocenters. The van der Waals surface area contributed by atoms with Crippen LogP contribution in [0.2, 0.25) is 0 Å². The quantitative estimate of drug-likeness (QED) is 0.516. The van der Waals surface area contributed by atoms with Crippen LogP contribution in [0.5, 0.6) is 0 Å². The van der Waals surface area contributed by atoms with E-state index in [1.807, 2.05) is 13.8 Å². The van der Waals surface area contributed by atoms with Crippen LogP contribution in [0.1, 0.15) is 38.4 Å². The molecule has 3 rings (SSSR count). The molecule has 0 saturated carbocycles. The third-order valence-corrected chi connectivity index (χ3v) is 5.06. The molecule has 1 aromatic heterocycles. The SMILES string of the molecule is CC(C)c1nc(-c2ccc(F)cc2)c(-c2ccc(F)cc2)n1/C=C/[C@H](O)C[C@H](O)CC(=O)[O-]. The second kappa shape index (κ2) is 10.5. The molecule has 0 saturated heterocycles. The van der Waals surface area contributed by atoms with Crippen molar-refractivity contribution in [3.63, 3.8) is 0 Å². The van der Waals surface area contributed by atoms with Gasteiger partial charge in [-0.2, -0.15) is 0 Å². The zero-order chi connectivity index (χ0) is 24.1. The van der Waals surface area contributed by atoms with E-state index in [0.717, 1.165) is 0 Å². The zero-order valence-electron chi connectivity index (χ0n) is 18.3. The summed E-state index contributed by atoms with van der Waals surface area (Å²) in [5, 5.41) is 30.7. The fraction of sp³-hybridized carbons (Fsp3) is 0.280. The molecule has 1 heterocycles. The average Bonchev–Trinajstić information content (AvgIpc) is 3.12. The number of rotatable bonds is 9. The summed E-state index contributed by atoms with van der Waals surface area (Å²) in [7, 11) is 0. The van der Waals surface area contributed by atoms with E-state index < -0.39 is 30.4 Å². The summed E-state index contributed by atoms with van der Waals surface area (Å²) < 4.78 is 28.9. The van der Waals surface area contributed by atoms with E-state index in [0.29, 0.717) is 28.3 Å². The van der Waals surface area contributed by atoms with Crippen molar-refractivity contribution in [2.45, 2.75) is 44.8 Å². The van der Waals surface area contributed by atoms with Gasteiger partial charge in [0.05, 0.1) is 23.6 Å². The second-order valence-electron chi connectivity index (χ2n) is 8.08. The lowest BCUT2D eigenvalue weighted by Gasteiger charge is -2.15. The number of carbonyl (C=O) groups excluding carboxylic acids is 1.